The highest BCUT2D eigenvalue weighted by Gasteiger charge is 2.35. The maximum absolute atomic E-state index is 6.09. The summed E-state index contributed by atoms with van der Waals surface area (Å²) in [5.41, 5.74) is 6.28. The Hall–Kier alpha value is -0.120. The summed E-state index contributed by atoms with van der Waals surface area (Å²) in [6, 6.07) is 0.698. The minimum absolute atomic E-state index is 0.193. The van der Waals surface area contributed by atoms with Gasteiger partial charge < -0.3 is 10.6 Å². The molecule has 2 atom stereocenters. The molecule has 2 N–H and O–H groups in total. The lowest BCUT2D eigenvalue weighted by Gasteiger charge is -2.48. The molecule has 1 aliphatic heterocycles. The van der Waals surface area contributed by atoms with E-state index >= 15 is 0 Å². The SMILES string of the molecule is CCC1CN(C(C)(CN)CCC(C)C)CCN1C. The molecule has 3 heteroatoms. The van der Waals surface area contributed by atoms with Crippen LogP contribution in [0.25, 0.3) is 0 Å². The molecule has 1 fully saturated rings. The lowest BCUT2D eigenvalue weighted by molar-refractivity contribution is 0.0141. The molecule has 1 saturated heterocycles. The van der Waals surface area contributed by atoms with E-state index in [9.17, 15) is 0 Å². The van der Waals surface area contributed by atoms with Gasteiger partial charge in [0.15, 0.2) is 0 Å². The summed E-state index contributed by atoms with van der Waals surface area (Å²) >= 11 is 0. The Kier molecular flexibility index (Phi) is 6.09. The van der Waals surface area contributed by atoms with Crippen LogP contribution in [0.1, 0.15) is 47.0 Å². The molecular formula is C15H33N3. The Labute approximate surface area is 114 Å². The molecule has 0 bridgehead atoms. The summed E-state index contributed by atoms with van der Waals surface area (Å²) in [4.78, 5) is 5.14. The second-order valence-corrected chi connectivity index (χ2v) is 6.62. The molecule has 2 unspecified atom stereocenters. The quantitative estimate of drug-likeness (QED) is 0.789. The van der Waals surface area contributed by atoms with E-state index in [2.05, 4.69) is 44.5 Å². The molecule has 0 aliphatic carbocycles. The van der Waals surface area contributed by atoms with E-state index in [0.717, 1.165) is 12.5 Å². The van der Waals surface area contributed by atoms with Crippen molar-refractivity contribution < 1.29 is 0 Å². The summed E-state index contributed by atoms with van der Waals surface area (Å²) < 4.78 is 0. The van der Waals surface area contributed by atoms with Gasteiger partial charge in [0.2, 0.25) is 0 Å². The zero-order valence-electron chi connectivity index (χ0n) is 13.1. The molecule has 1 rings (SSSR count). The Balaban J connectivity index is 2.63. The molecular weight excluding hydrogens is 222 g/mol. The molecule has 0 aromatic rings. The second kappa shape index (κ2) is 6.88. The number of nitrogens with two attached hydrogens (primary N) is 1. The van der Waals surface area contributed by atoms with Crippen molar-refractivity contribution in [3.05, 3.63) is 0 Å². The van der Waals surface area contributed by atoms with Gasteiger partial charge in [0.25, 0.3) is 0 Å². The van der Waals surface area contributed by atoms with Crippen molar-refractivity contribution >= 4 is 0 Å². The first-order valence-electron chi connectivity index (χ1n) is 7.58. The monoisotopic (exact) mass is 255 g/mol. The van der Waals surface area contributed by atoms with Gasteiger partial charge in [-0.15, -0.1) is 0 Å². The van der Waals surface area contributed by atoms with Crippen LogP contribution in [0.4, 0.5) is 0 Å². The topological polar surface area (TPSA) is 32.5 Å². The number of likely N-dealkylation sites (N-methyl/N-ethyl adjacent to an activating group) is 1. The first kappa shape index (κ1) is 15.9. The van der Waals surface area contributed by atoms with Gasteiger partial charge in [-0.2, -0.15) is 0 Å². The molecule has 3 nitrogen and oxygen atoms in total. The third-order valence-corrected chi connectivity index (χ3v) is 4.71. The Morgan fingerprint density at radius 2 is 2.00 bits per heavy atom. The normalized spacial score (nSPS) is 26.5. The van der Waals surface area contributed by atoms with Crippen LogP contribution in [0.2, 0.25) is 0 Å². The maximum atomic E-state index is 6.09. The van der Waals surface area contributed by atoms with E-state index in [-0.39, 0.29) is 5.54 Å². The lowest BCUT2D eigenvalue weighted by atomic mass is 9.88. The van der Waals surface area contributed by atoms with Crippen LogP contribution in [0.5, 0.6) is 0 Å². The van der Waals surface area contributed by atoms with E-state index in [1.165, 1.54) is 38.9 Å². The average molecular weight is 255 g/mol. The van der Waals surface area contributed by atoms with Crippen LogP contribution >= 0.6 is 0 Å². The summed E-state index contributed by atoms with van der Waals surface area (Å²) in [5.74, 6) is 0.769. The van der Waals surface area contributed by atoms with E-state index in [4.69, 9.17) is 5.73 Å². The van der Waals surface area contributed by atoms with Crippen LogP contribution in [-0.4, -0.2) is 54.6 Å². The predicted molar refractivity (Wildman–Crippen MR) is 79.8 cm³/mol. The third-order valence-electron chi connectivity index (χ3n) is 4.71. The third kappa shape index (κ3) is 3.94. The molecule has 1 aliphatic rings. The Bertz CT molecular complexity index is 242. The van der Waals surface area contributed by atoms with Crippen molar-refractivity contribution in [3.63, 3.8) is 0 Å². The van der Waals surface area contributed by atoms with Crippen LogP contribution in [0.15, 0.2) is 0 Å². The van der Waals surface area contributed by atoms with Crippen LogP contribution < -0.4 is 5.73 Å². The number of piperazine rings is 1. The molecule has 0 aromatic carbocycles. The number of rotatable bonds is 6. The Morgan fingerprint density at radius 1 is 1.33 bits per heavy atom. The molecule has 0 aromatic heterocycles. The van der Waals surface area contributed by atoms with Crippen LogP contribution in [0.3, 0.4) is 0 Å². The van der Waals surface area contributed by atoms with Gasteiger partial charge in [-0.25, -0.2) is 0 Å². The molecule has 0 saturated carbocycles. The largest absolute Gasteiger partial charge is 0.329 e. The van der Waals surface area contributed by atoms with Gasteiger partial charge in [0.1, 0.15) is 0 Å². The summed E-state index contributed by atoms with van der Waals surface area (Å²) in [7, 11) is 2.25. The van der Waals surface area contributed by atoms with Crippen molar-refractivity contribution in [2.75, 3.05) is 33.2 Å². The van der Waals surface area contributed by atoms with Crippen LogP contribution in [-0.2, 0) is 0 Å². The van der Waals surface area contributed by atoms with Crippen LogP contribution in [0, 0.1) is 5.92 Å². The van der Waals surface area contributed by atoms with Gasteiger partial charge in [-0.05, 0) is 39.2 Å². The highest BCUT2D eigenvalue weighted by atomic mass is 15.3. The van der Waals surface area contributed by atoms with E-state index < -0.39 is 0 Å². The molecule has 0 spiro atoms. The summed E-state index contributed by atoms with van der Waals surface area (Å²) in [6.07, 6.45) is 3.73. The number of hydrogen-bond donors (Lipinski definition) is 1. The number of nitrogens with zero attached hydrogens (tertiary/aromatic N) is 2. The minimum Gasteiger partial charge on any atom is -0.329 e. The highest BCUT2D eigenvalue weighted by molar-refractivity contribution is 4.92. The van der Waals surface area contributed by atoms with Gasteiger partial charge in [0.05, 0.1) is 0 Å². The van der Waals surface area contributed by atoms with Gasteiger partial charge in [-0.1, -0.05) is 20.8 Å². The van der Waals surface area contributed by atoms with Crippen molar-refractivity contribution in [1.82, 2.24) is 9.80 Å². The lowest BCUT2D eigenvalue weighted by Crippen LogP contribution is -2.61. The fourth-order valence-corrected chi connectivity index (χ4v) is 2.87. The molecule has 0 amide bonds. The van der Waals surface area contributed by atoms with E-state index in [1.54, 1.807) is 0 Å². The van der Waals surface area contributed by atoms with Crippen molar-refractivity contribution in [3.8, 4) is 0 Å². The van der Waals surface area contributed by atoms with Crippen molar-refractivity contribution in [2.45, 2.75) is 58.5 Å². The zero-order chi connectivity index (χ0) is 13.8. The van der Waals surface area contributed by atoms with Gasteiger partial charge in [0, 0.05) is 37.8 Å². The molecule has 0 radical (unpaired) electrons. The van der Waals surface area contributed by atoms with Crippen molar-refractivity contribution in [2.24, 2.45) is 11.7 Å². The fraction of sp³-hybridized carbons (Fsp3) is 1.00. The highest BCUT2D eigenvalue weighted by Crippen LogP contribution is 2.26. The molecule has 1 heterocycles. The first-order valence-corrected chi connectivity index (χ1v) is 7.58. The van der Waals surface area contributed by atoms with E-state index in [0.29, 0.717) is 6.04 Å². The molecule has 108 valence electrons. The predicted octanol–water partition coefficient (Wildman–Crippen LogP) is 2.17. The first-order chi connectivity index (χ1) is 8.42. The maximum Gasteiger partial charge on any atom is 0.0304 e. The summed E-state index contributed by atoms with van der Waals surface area (Å²) in [5, 5.41) is 0. The smallest absolute Gasteiger partial charge is 0.0304 e. The summed E-state index contributed by atoms with van der Waals surface area (Å²) in [6.45, 7) is 13.5. The second-order valence-electron chi connectivity index (χ2n) is 6.62. The Morgan fingerprint density at radius 3 is 2.50 bits per heavy atom. The van der Waals surface area contributed by atoms with E-state index in [1.807, 2.05) is 0 Å². The minimum atomic E-state index is 0.193. The van der Waals surface area contributed by atoms with Gasteiger partial charge >= 0.3 is 0 Å². The fourth-order valence-electron chi connectivity index (χ4n) is 2.87. The van der Waals surface area contributed by atoms with Crippen molar-refractivity contribution in [1.29, 1.82) is 0 Å². The average Bonchev–Trinajstić information content (AvgIpc) is 2.36. The zero-order valence-corrected chi connectivity index (χ0v) is 13.1. The number of hydrogen-bond acceptors (Lipinski definition) is 3. The standard InChI is InChI=1S/C15H33N3/c1-6-14-11-18(10-9-17(14)5)15(4,12-16)8-7-13(2)3/h13-14H,6-12,16H2,1-5H3. The molecule has 18 heavy (non-hydrogen) atoms. The van der Waals surface area contributed by atoms with Gasteiger partial charge in [-0.3, -0.25) is 4.90 Å².